The predicted octanol–water partition coefficient (Wildman–Crippen LogP) is 5.10. The Kier molecular flexibility index (Phi) is 5.07. The van der Waals surface area contributed by atoms with Crippen LogP contribution in [0.3, 0.4) is 0 Å². The third-order valence-corrected chi connectivity index (χ3v) is 4.08. The van der Waals surface area contributed by atoms with Gasteiger partial charge in [-0.15, -0.1) is 0 Å². The van der Waals surface area contributed by atoms with Crippen molar-refractivity contribution in [1.29, 1.82) is 0 Å². The van der Waals surface area contributed by atoms with Gasteiger partial charge in [-0.2, -0.15) is 0 Å². The lowest BCUT2D eigenvalue weighted by Gasteiger charge is -2.11. The Balaban J connectivity index is 1.75. The summed E-state index contributed by atoms with van der Waals surface area (Å²) in [6.07, 6.45) is 1.39. The van der Waals surface area contributed by atoms with E-state index >= 15 is 0 Å². The molecule has 0 aliphatic heterocycles. The maximum atomic E-state index is 12.4. The summed E-state index contributed by atoms with van der Waals surface area (Å²) < 4.78 is 0. The first kappa shape index (κ1) is 16.0. The molecule has 0 heterocycles. The Morgan fingerprint density at radius 3 is 2.12 bits per heavy atom. The van der Waals surface area contributed by atoms with E-state index in [0.717, 1.165) is 28.8 Å². The average molecular weight is 315 g/mol. The lowest BCUT2D eigenvalue weighted by Crippen LogP contribution is -2.15. The summed E-state index contributed by atoms with van der Waals surface area (Å²) in [7, 11) is 0. The Morgan fingerprint density at radius 2 is 1.42 bits per heavy atom. The summed E-state index contributed by atoms with van der Waals surface area (Å²) in [6, 6.07) is 26.2. The summed E-state index contributed by atoms with van der Waals surface area (Å²) in [4.78, 5) is 12.4. The summed E-state index contributed by atoms with van der Waals surface area (Å²) in [5.41, 5.74) is 5.29. The van der Waals surface area contributed by atoms with Crippen LogP contribution in [-0.4, -0.2) is 5.91 Å². The van der Waals surface area contributed by atoms with Crippen molar-refractivity contribution in [2.45, 2.75) is 19.8 Å². The third-order valence-electron chi connectivity index (χ3n) is 4.08. The highest BCUT2D eigenvalue weighted by atomic mass is 16.1. The highest BCUT2D eigenvalue weighted by molar-refractivity contribution is 5.96. The van der Waals surface area contributed by atoms with Crippen molar-refractivity contribution in [3.8, 4) is 11.1 Å². The minimum atomic E-state index is 0.00243. The molecule has 3 aromatic rings. The molecule has 0 radical (unpaired) electrons. The molecule has 1 amide bonds. The van der Waals surface area contributed by atoms with Crippen LogP contribution in [0.4, 0.5) is 5.69 Å². The van der Waals surface area contributed by atoms with E-state index in [4.69, 9.17) is 0 Å². The molecule has 3 rings (SSSR count). The van der Waals surface area contributed by atoms with Crippen LogP contribution in [-0.2, 0) is 17.6 Å². The number of hydrogen-bond acceptors (Lipinski definition) is 1. The van der Waals surface area contributed by atoms with Gasteiger partial charge in [-0.25, -0.2) is 0 Å². The normalized spacial score (nSPS) is 10.4. The molecule has 0 saturated carbocycles. The number of para-hydroxylation sites is 1. The van der Waals surface area contributed by atoms with Crippen molar-refractivity contribution in [3.05, 3.63) is 90.0 Å². The fraction of sp³-hybridized carbons (Fsp3) is 0.136. The number of anilines is 1. The number of carbonyl (C=O) groups is 1. The zero-order chi connectivity index (χ0) is 16.8. The molecule has 3 aromatic carbocycles. The van der Waals surface area contributed by atoms with Gasteiger partial charge >= 0.3 is 0 Å². The number of nitrogens with one attached hydrogen (secondary N) is 1. The van der Waals surface area contributed by atoms with Crippen LogP contribution in [0.5, 0.6) is 0 Å². The fourth-order valence-corrected chi connectivity index (χ4v) is 2.73. The van der Waals surface area contributed by atoms with Crippen LogP contribution in [0.1, 0.15) is 18.1 Å². The Labute approximate surface area is 143 Å². The van der Waals surface area contributed by atoms with Gasteiger partial charge in [0.25, 0.3) is 0 Å². The molecule has 120 valence electrons. The quantitative estimate of drug-likeness (QED) is 0.697. The molecule has 0 unspecified atom stereocenters. The van der Waals surface area contributed by atoms with Crippen LogP contribution >= 0.6 is 0 Å². The van der Waals surface area contributed by atoms with Crippen molar-refractivity contribution in [1.82, 2.24) is 0 Å². The Bertz CT molecular complexity index is 807. The second-order valence-electron chi connectivity index (χ2n) is 5.81. The first-order valence-electron chi connectivity index (χ1n) is 8.28. The maximum Gasteiger partial charge on any atom is 0.228 e. The molecule has 0 aliphatic rings. The van der Waals surface area contributed by atoms with Crippen molar-refractivity contribution < 1.29 is 4.79 Å². The fourth-order valence-electron chi connectivity index (χ4n) is 2.73. The molecule has 0 bridgehead atoms. The Hall–Kier alpha value is -2.87. The van der Waals surface area contributed by atoms with Crippen molar-refractivity contribution in [2.75, 3.05) is 5.32 Å². The summed E-state index contributed by atoms with van der Waals surface area (Å²) in [6.45, 7) is 2.13. The van der Waals surface area contributed by atoms with E-state index in [0.29, 0.717) is 6.42 Å². The average Bonchev–Trinajstić information content (AvgIpc) is 2.63. The number of aryl methyl sites for hydroxylation is 1. The number of benzene rings is 3. The number of rotatable bonds is 5. The number of amides is 1. The van der Waals surface area contributed by atoms with Crippen molar-refractivity contribution in [3.63, 3.8) is 0 Å². The monoisotopic (exact) mass is 315 g/mol. The van der Waals surface area contributed by atoms with E-state index in [1.54, 1.807) is 0 Å². The molecule has 0 aromatic heterocycles. The topological polar surface area (TPSA) is 29.1 Å². The van der Waals surface area contributed by atoms with Gasteiger partial charge in [0.2, 0.25) is 5.91 Å². The van der Waals surface area contributed by atoms with Gasteiger partial charge in [0, 0.05) is 11.3 Å². The summed E-state index contributed by atoms with van der Waals surface area (Å²) >= 11 is 0. The van der Waals surface area contributed by atoms with E-state index in [-0.39, 0.29) is 5.91 Å². The van der Waals surface area contributed by atoms with Gasteiger partial charge in [0.1, 0.15) is 0 Å². The zero-order valence-electron chi connectivity index (χ0n) is 13.8. The van der Waals surface area contributed by atoms with Gasteiger partial charge in [-0.1, -0.05) is 79.7 Å². The molecule has 0 spiro atoms. The smallest absolute Gasteiger partial charge is 0.228 e. The van der Waals surface area contributed by atoms with E-state index in [9.17, 15) is 4.79 Å². The van der Waals surface area contributed by atoms with Gasteiger partial charge in [0.15, 0.2) is 0 Å². The highest BCUT2D eigenvalue weighted by Gasteiger charge is 2.08. The van der Waals surface area contributed by atoms with Gasteiger partial charge < -0.3 is 5.32 Å². The zero-order valence-corrected chi connectivity index (χ0v) is 13.8. The van der Waals surface area contributed by atoms with E-state index in [2.05, 4.69) is 36.5 Å². The van der Waals surface area contributed by atoms with Crippen LogP contribution in [0.2, 0.25) is 0 Å². The minimum Gasteiger partial charge on any atom is -0.325 e. The van der Waals surface area contributed by atoms with Gasteiger partial charge in [-0.3, -0.25) is 4.79 Å². The maximum absolute atomic E-state index is 12.4. The van der Waals surface area contributed by atoms with Crippen LogP contribution in [0.25, 0.3) is 11.1 Å². The van der Waals surface area contributed by atoms with Crippen LogP contribution < -0.4 is 5.32 Å². The molecule has 0 aliphatic carbocycles. The van der Waals surface area contributed by atoms with E-state index in [1.807, 2.05) is 54.6 Å². The Morgan fingerprint density at radius 1 is 0.792 bits per heavy atom. The molecular weight excluding hydrogens is 294 g/mol. The molecule has 0 saturated heterocycles. The minimum absolute atomic E-state index is 0.00243. The predicted molar refractivity (Wildman–Crippen MR) is 100 cm³/mol. The molecule has 2 heteroatoms. The number of carbonyl (C=O) groups excluding carboxylic acids is 1. The second kappa shape index (κ2) is 7.60. The number of hydrogen-bond donors (Lipinski definition) is 1. The SMILES string of the molecule is CCc1ccc(CC(=O)Nc2ccccc2-c2ccccc2)cc1. The van der Waals surface area contributed by atoms with E-state index < -0.39 is 0 Å². The van der Waals surface area contributed by atoms with Gasteiger partial charge in [0.05, 0.1) is 6.42 Å². The summed E-state index contributed by atoms with van der Waals surface area (Å²) in [5.74, 6) is 0.00243. The van der Waals surface area contributed by atoms with Crippen molar-refractivity contribution >= 4 is 11.6 Å². The van der Waals surface area contributed by atoms with Crippen LogP contribution in [0.15, 0.2) is 78.9 Å². The summed E-state index contributed by atoms with van der Waals surface area (Å²) in [5, 5.41) is 3.05. The molecule has 0 fully saturated rings. The first-order chi connectivity index (χ1) is 11.8. The molecular formula is C22H21NO. The lowest BCUT2D eigenvalue weighted by molar-refractivity contribution is -0.115. The molecule has 0 atom stereocenters. The molecule has 1 N–H and O–H groups in total. The van der Waals surface area contributed by atoms with Crippen LogP contribution in [0, 0.1) is 0 Å². The van der Waals surface area contributed by atoms with Gasteiger partial charge in [-0.05, 0) is 29.2 Å². The second-order valence-corrected chi connectivity index (χ2v) is 5.81. The van der Waals surface area contributed by atoms with E-state index in [1.165, 1.54) is 5.56 Å². The first-order valence-corrected chi connectivity index (χ1v) is 8.28. The standard InChI is InChI=1S/C22H21NO/c1-2-17-12-14-18(15-13-17)16-22(24)23-21-11-7-6-10-20(21)19-8-4-3-5-9-19/h3-15H,2,16H2,1H3,(H,23,24). The van der Waals surface area contributed by atoms with Crippen molar-refractivity contribution in [2.24, 2.45) is 0 Å². The lowest BCUT2D eigenvalue weighted by atomic mass is 10.0. The highest BCUT2D eigenvalue weighted by Crippen LogP contribution is 2.27. The molecule has 24 heavy (non-hydrogen) atoms. The molecule has 2 nitrogen and oxygen atoms in total. The largest absolute Gasteiger partial charge is 0.325 e. The third kappa shape index (κ3) is 3.90.